The first-order valence-corrected chi connectivity index (χ1v) is 6.47. The van der Waals surface area contributed by atoms with Gasteiger partial charge in [0.1, 0.15) is 0 Å². The number of carbonyl (C=O) groups excluding carboxylic acids is 2. The number of hydrogen-bond acceptors (Lipinski definition) is 2. The molecule has 1 aromatic rings. The molecule has 98 valence electrons. The maximum atomic E-state index is 11.4. The first-order chi connectivity index (χ1) is 9.08. The van der Waals surface area contributed by atoms with Crippen molar-refractivity contribution in [2.75, 3.05) is 6.54 Å². The number of imide groups is 1. The standard InChI is InChI=1S/C16H17NO2/c1-12-6-7-14(13(2)11-12)5-3-4-10-17-15(18)8-9-16(17)19/h6-7,11H,4,8-10H2,1-2H3. The maximum absolute atomic E-state index is 11.4. The third-order valence-electron chi connectivity index (χ3n) is 3.22. The zero-order valence-corrected chi connectivity index (χ0v) is 11.3. The van der Waals surface area contributed by atoms with E-state index < -0.39 is 0 Å². The second kappa shape index (κ2) is 5.71. The van der Waals surface area contributed by atoms with Crippen LogP contribution in [0.1, 0.15) is 36.0 Å². The Hall–Kier alpha value is -2.08. The summed E-state index contributed by atoms with van der Waals surface area (Å²) in [7, 11) is 0. The highest BCUT2D eigenvalue weighted by molar-refractivity contribution is 6.01. The molecular weight excluding hydrogens is 238 g/mol. The molecule has 1 aliphatic rings. The topological polar surface area (TPSA) is 37.4 Å². The highest BCUT2D eigenvalue weighted by Gasteiger charge is 2.27. The van der Waals surface area contributed by atoms with E-state index in [-0.39, 0.29) is 11.8 Å². The van der Waals surface area contributed by atoms with E-state index in [1.165, 1.54) is 10.5 Å². The van der Waals surface area contributed by atoms with E-state index in [9.17, 15) is 9.59 Å². The fourth-order valence-electron chi connectivity index (χ4n) is 2.15. The van der Waals surface area contributed by atoms with E-state index in [1.54, 1.807) is 0 Å². The van der Waals surface area contributed by atoms with Crippen molar-refractivity contribution in [2.24, 2.45) is 0 Å². The molecule has 1 saturated heterocycles. The Balaban J connectivity index is 1.94. The number of nitrogens with zero attached hydrogens (tertiary/aromatic N) is 1. The third-order valence-corrected chi connectivity index (χ3v) is 3.22. The molecule has 2 rings (SSSR count). The van der Waals surface area contributed by atoms with Gasteiger partial charge < -0.3 is 0 Å². The number of hydrogen-bond donors (Lipinski definition) is 0. The predicted molar refractivity (Wildman–Crippen MR) is 73.4 cm³/mol. The van der Waals surface area contributed by atoms with Gasteiger partial charge in [-0.05, 0) is 25.5 Å². The lowest BCUT2D eigenvalue weighted by atomic mass is 10.1. The van der Waals surface area contributed by atoms with E-state index in [0.717, 1.165) is 11.1 Å². The van der Waals surface area contributed by atoms with Crippen molar-refractivity contribution >= 4 is 11.8 Å². The molecule has 0 spiro atoms. The molecule has 2 amide bonds. The molecule has 0 unspecified atom stereocenters. The van der Waals surface area contributed by atoms with Gasteiger partial charge in [0.25, 0.3) is 0 Å². The summed E-state index contributed by atoms with van der Waals surface area (Å²) in [6.07, 6.45) is 1.23. The molecule has 1 fully saturated rings. The van der Waals surface area contributed by atoms with Gasteiger partial charge >= 0.3 is 0 Å². The summed E-state index contributed by atoms with van der Waals surface area (Å²) in [5, 5.41) is 0. The maximum Gasteiger partial charge on any atom is 0.229 e. The number of amides is 2. The van der Waals surface area contributed by atoms with Crippen LogP contribution in [0.25, 0.3) is 0 Å². The van der Waals surface area contributed by atoms with Crippen LogP contribution in [0.5, 0.6) is 0 Å². The Morgan fingerprint density at radius 3 is 2.47 bits per heavy atom. The molecule has 3 heteroatoms. The molecule has 1 aliphatic heterocycles. The molecule has 0 saturated carbocycles. The number of rotatable bonds is 2. The van der Waals surface area contributed by atoms with Gasteiger partial charge in [-0.1, -0.05) is 29.5 Å². The molecule has 19 heavy (non-hydrogen) atoms. The molecule has 0 N–H and O–H groups in total. The fraction of sp³-hybridized carbons (Fsp3) is 0.375. The summed E-state index contributed by atoms with van der Waals surface area (Å²) < 4.78 is 0. The Labute approximate surface area is 113 Å². The predicted octanol–water partition coefficient (Wildman–Crippen LogP) is 2.19. The second-order valence-corrected chi connectivity index (χ2v) is 4.81. The summed E-state index contributed by atoms with van der Waals surface area (Å²) in [4.78, 5) is 24.1. The van der Waals surface area contributed by atoms with Crippen molar-refractivity contribution in [3.63, 3.8) is 0 Å². The summed E-state index contributed by atoms with van der Waals surface area (Å²) in [6.45, 7) is 4.49. The molecule has 0 atom stereocenters. The molecule has 3 nitrogen and oxygen atoms in total. The van der Waals surface area contributed by atoms with Crippen LogP contribution in [0, 0.1) is 25.7 Å². The SMILES string of the molecule is Cc1ccc(C#CCCN2C(=O)CCC2=O)c(C)c1. The van der Waals surface area contributed by atoms with Gasteiger partial charge in [-0.25, -0.2) is 0 Å². The highest BCUT2D eigenvalue weighted by atomic mass is 16.2. The first kappa shape index (κ1) is 13.4. The molecule has 0 radical (unpaired) electrons. The lowest BCUT2D eigenvalue weighted by Gasteiger charge is -2.10. The average Bonchev–Trinajstić information content (AvgIpc) is 2.68. The van der Waals surface area contributed by atoms with Gasteiger partial charge in [-0.2, -0.15) is 0 Å². The minimum absolute atomic E-state index is 0.0710. The summed E-state index contributed by atoms with van der Waals surface area (Å²) in [5.74, 6) is 5.99. The van der Waals surface area contributed by atoms with Crippen molar-refractivity contribution in [1.29, 1.82) is 0 Å². The van der Waals surface area contributed by atoms with Gasteiger partial charge in [0.05, 0.1) is 0 Å². The Bertz CT molecular complexity index is 562. The van der Waals surface area contributed by atoms with E-state index in [2.05, 4.69) is 24.8 Å². The van der Waals surface area contributed by atoms with Gasteiger partial charge in [0, 0.05) is 31.4 Å². The Morgan fingerprint density at radius 2 is 1.84 bits per heavy atom. The van der Waals surface area contributed by atoms with Crippen molar-refractivity contribution < 1.29 is 9.59 Å². The summed E-state index contributed by atoms with van der Waals surface area (Å²) in [5.41, 5.74) is 3.38. The number of aryl methyl sites for hydroxylation is 2. The number of benzene rings is 1. The van der Waals surface area contributed by atoms with Gasteiger partial charge in [0.15, 0.2) is 0 Å². The van der Waals surface area contributed by atoms with Crippen LogP contribution in [-0.4, -0.2) is 23.3 Å². The van der Waals surface area contributed by atoms with Crippen molar-refractivity contribution in [2.45, 2.75) is 33.1 Å². The molecule has 0 aromatic heterocycles. The van der Waals surface area contributed by atoms with Gasteiger partial charge in [-0.3, -0.25) is 14.5 Å². The van der Waals surface area contributed by atoms with Crippen LogP contribution in [0.3, 0.4) is 0 Å². The van der Waals surface area contributed by atoms with Crippen molar-refractivity contribution in [3.8, 4) is 11.8 Å². The van der Waals surface area contributed by atoms with Crippen LogP contribution in [-0.2, 0) is 9.59 Å². The van der Waals surface area contributed by atoms with Gasteiger partial charge in [0.2, 0.25) is 11.8 Å². The Kier molecular flexibility index (Phi) is 4.01. The molecule has 0 aliphatic carbocycles. The zero-order valence-electron chi connectivity index (χ0n) is 11.3. The third kappa shape index (κ3) is 3.23. The highest BCUT2D eigenvalue weighted by Crippen LogP contribution is 2.12. The average molecular weight is 255 g/mol. The lowest BCUT2D eigenvalue weighted by Crippen LogP contribution is -2.29. The number of likely N-dealkylation sites (tertiary alicyclic amines) is 1. The minimum atomic E-state index is -0.0710. The number of carbonyl (C=O) groups is 2. The van der Waals surface area contributed by atoms with Crippen LogP contribution in [0.4, 0.5) is 0 Å². The van der Waals surface area contributed by atoms with Crippen LogP contribution < -0.4 is 0 Å². The van der Waals surface area contributed by atoms with E-state index >= 15 is 0 Å². The zero-order chi connectivity index (χ0) is 13.8. The summed E-state index contributed by atoms with van der Waals surface area (Å²) >= 11 is 0. The quantitative estimate of drug-likeness (QED) is 0.600. The van der Waals surface area contributed by atoms with Gasteiger partial charge in [-0.15, -0.1) is 0 Å². The van der Waals surface area contributed by atoms with Crippen LogP contribution in [0.15, 0.2) is 18.2 Å². The lowest BCUT2D eigenvalue weighted by molar-refractivity contribution is -0.138. The second-order valence-electron chi connectivity index (χ2n) is 4.81. The van der Waals surface area contributed by atoms with Crippen molar-refractivity contribution in [1.82, 2.24) is 4.90 Å². The summed E-state index contributed by atoms with van der Waals surface area (Å²) in [6, 6.07) is 6.13. The molecule has 0 bridgehead atoms. The first-order valence-electron chi connectivity index (χ1n) is 6.47. The van der Waals surface area contributed by atoms with Crippen molar-refractivity contribution in [3.05, 3.63) is 34.9 Å². The fourth-order valence-corrected chi connectivity index (χ4v) is 2.15. The van der Waals surface area contributed by atoms with Crippen LogP contribution >= 0.6 is 0 Å². The van der Waals surface area contributed by atoms with E-state index in [4.69, 9.17) is 0 Å². The largest absolute Gasteiger partial charge is 0.282 e. The minimum Gasteiger partial charge on any atom is -0.282 e. The van der Waals surface area contributed by atoms with E-state index in [1.807, 2.05) is 19.1 Å². The Morgan fingerprint density at radius 1 is 1.16 bits per heavy atom. The van der Waals surface area contributed by atoms with Crippen LogP contribution in [0.2, 0.25) is 0 Å². The smallest absolute Gasteiger partial charge is 0.229 e. The normalized spacial score (nSPS) is 14.5. The molecule has 1 aromatic carbocycles. The molecular formula is C16H17NO2. The molecule has 1 heterocycles. The monoisotopic (exact) mass is 255 g/mol. The van der Waals surface area contributed by atoms with E-state index in [0.29, 0.717) is 25.8 Å².